The zero-order valence-electron chi connectivity index (χ0n) is 21.2. The summed E-state index contributed by atoms with van der Waals surface area (Å²) in [6.45, 7) is 11.5. The Hall–Kier alpha value is -3.12. The van der Waals surface area contributed by atoms with E-state index in [4.69, 9.17) is 32.4 Å². The van der Waals surface area contributed by atoms with Crippen LogP contribution in [0.15, 0.2) is 40.0 Å². The Morgan fingerprint density at radius 1 is 1.25 bits per heavy atom. The number of nitrogens with zero attached hydrogens (tertiary/aromatic N) is 5. The van der Waals surface area contributed by atoms with Crippen molar-refractivity contribution in [2.24, 2.45) is 5.92 Å². The quantitative estimate of drug-likeness (QED) is 0.178. The Bertz CT molecular complexity index is 1470. The zero-order chi connectivity index (χ0) is 29.1. The third-order valence-corrected chi connectivity index (χ3v) is 8.10. The van der Waals surface area contributed by atoms with Gasteiger partial charge in [-0.15, -0.1) is 21.8 Å². The maximum absolute atomic E-state index is 14.1. The van der Waals surface area contributed by atoms with Crippen LogP contribution < -0.4 is 0 Å². The van der Waals surface area contributed by atoms with E-state index in [9.17, 15) is 18.4 Å². The molecule has 5 atom stereocenters. The molecule has 210 valence electrons. The van der Waals surface area contributed by atoms with Crippen molar-refractivity contribution in [3.8, 4) is 11.3 Å². The standard InChI is InChI=1S/C25H21BrClF2N5O5S/c1-11-22(34-9-18(32-33-34)14-5-16(28)21(27)17(29)6-14)23(38-13(3)36)19(10-37-12(2)35)39-25(11)40-20-7-15(26)8-31-24(20)30-4/h5-9,11,19,22-23,25H,10H2,1-3H3/t11?,19?,22-,23+,25-/m1/s1. The van der Waals surface area contributed by atoms with Gasteiger partial charge in [0.2, 0.25) is 0 Å². The fourth-order valence-electron chi connectivity index (χ4n) is 4.22. The molecule has 1 saturated heterocycles. The number of carbonyl (C=O) groups is 2. The third kappa shape index (κ3) is 6.60. The maximum Gasteiger partial charge on any atom is 0.303 e. The van der Waals surface area contributed by atoms with E-state index < -0.39 is 58.2 Å². The highest BCUT2D eigenvalue weighted by Crippen LogP contribution is 2.45. The molecule has 1 aliphatic rings. The lowest BCUT2D eigenvalue weighted by Gasteiger charge is -2.44. The van der Waals surface area contributed by atoms with Crippen molar-refractivity contribution in [3.63, 3.8) is 0 Å². The Morgan fingerprint density at radius 3 is 2.58 bits per heavy atom. The van der Waals surface area contributed by atoms with Crippen molar-refractivity contribution in [1.29, 1.82) is 0 Å². The second kappa shape index (κ2) is 12.6. The molecule has 0 N–H and O–H groups in total. The first-order valence-corrected chi connectivity index (χ1v) is 13.8. The first-order chi connectivity index (χ1) is 19.0. The van der Waals surface area contributed by atoms with Crippen molar-refractivity contribution in [1.82, 2.24) is 20.0 Å². The molecule has 0 radical (unpaired) electrons. The van der Waals surface area contributed by atoms with E-state index in [0.717, 1.165) is 12.1 Å². The topological polar surface area (TPSA) is 110 Å². The number of carbonyl (C=O) groups excluding carboxylic acids is 2. The molecular formula is C25H21BrClF2N5O5S. The van der Waals surface area contributed by atoms with Gasteiger partial charge in [-0.05, 0) is 34.1 Å². The fraction of sp³-hybridized carbons (Fsp3) is 0.360. The van der Waals surface area contributed by atoms with Crippen LogP contribution in [0, 0.1) is 24.1 Å². The number of halogens is 4. The van der Waals surface area contributed by atoms with Crippen molar-refractivity contribution in [3.05, 3.63) is 63.1 Å². The van der Waals surface area contributed by atoms with E-state index in [1.165, 1.54) is 42.7 Å². The van der Waals surface area contributed by atoms with Crippen molar-refractivity contribution in [2.75, 3.05) is 6.61 Å². The predicted molar refractivity (Wildman–Crippen MR) is 143 cm³/mol. The monoisotopic (exact) mass is 655 g/mol. The van der Waals surface area contributed by atoms with Crippen LogP contribution in [-0.4, -0.2) is 56.2 Å². The van der Waals surface area contributed by atoms with Crippen LogP contribution in [0.5, 0.6) is 0 Å². The van der Waals surface area contributed by atoms with Gasteiger partial charge in [-0.3, -0.25) is 9.59 Å². The van der Waals surface area contributed by atoms with Gasteiger partial charge in [0.05, 0.1) is 16.7 Å². The van der Waals surface area contributed by atoms with Gasteiger partial charge in [0, 0.05) is 30.2 Å². The zero-order valence-corrected chi connectivity index (χ0v) is 24.3. The lowest BCUT2D eigenvalue weighted by Crippen LogP contribution is -2.53. The normalized spacial score (nSPS) is 22.4. The van der Waals surface area contributed by atoms with Crippen LogP contribution in [-0.2, 0) is 23.8 Å². The van der Waals surface area contributed by atoms with E-state index >= 15 is 0 Å². The number of ether oxygens (including phenoxy) is 3. The summed E-state index contributed by atoms with van der Waals surface area (Å²) in [5.41, 5.74) is -0.423. The van der Waals surface area contributed by atoms with Crippen LogP contribution in [0.4, 0.5) is 14.6 Å². The number of hydrogen-bond donors (Lipinski definition) is 0. The van der Waals surface area contributed by atoms with E-state index in [2.05, 4.69) is 36.1 Å². The largest absolute Gasteiger partial charge is 0.463 e. The summed E-state index contributed by atoms with van der Waals surface area (Å²) >= 11 is 10.2. The molecule has 2 aromatic heterocycles. The van der Waals surface area contributed by atoms with Crippen molar-refractivity contribution in [2.45, 2.75) is 49.4 Å². The van der Waals surface area contributed by atoms with Gasteiger partial charge in [0.15, 0.2) is 6.10 Å². The number of pyridine rings is 1. The minimum absolute atomic E-state index is 0.0960. The number of thioether (sulfide) groups is 1. The SMILES string of the molecule is [C-]#[N+]c1ncc(Br)cc1S[C@H]1OC(COC(C)=O)[C@H](OC(C)=O)[C@H](n2cc(-c3cc(F)c(Cl)c(F)c3)nn2)C1C. The first-order valence-electron chi connectivity index (χ1n) is 11.7. The molecule has 1 aromatic carbocycles. The summed E-state index contributed by atoms with van der Waals surface area (Å²) in [7, 11) is 0. The average molecular weight is 657 g/mol. The van der Waals surface area contributed by atoms with Crippen molar-refractivity contribution < 1.29 is 32.6 Å². The van der Waals surface area contributed by atoms with E-state index in [-0.39, 0.29) is 23.7 Å². The Morgan fingerprint density at radius 2 is 1.95 bits per heavy atom. The minimum Gasteiger partial charge on any atom is -0.463 e. The second-order valence-corrected chi connectivity index (χ2v) is 11.2. The smallest absolute Gasteiger partial charge is 0.303 e. The molecule has 15 heteroatoms. The molecule has 1 fully saturated rings. The molecule has 0 saturated carbocycles. The number of aromatic nitrogens is 4. The van der Waals surface area contributed by atoms with Gasteiger partial charge in [-0.25, -0.2) is 13.5 Å². The highest BCUT2D eigenvalue weighted by molar-refractivity contribution is 9.10. The molecule has 2 unspecified atom stereocenters. The van der Waals surface area contributed by atoms with Gasteiger partial charge in [0.1, 0.15) is 46.7 Å². The number of esters is 2. The summed E-state index contributed by atoms with van der Waals surface area (Å²) in [4.78, 5) is 31.9. The molecule has 0 spiro atoms. The summed E-state index contributed by atoms with van der Waals surface area (Å²) in [5.74, 6) is -3.38. The highest BCUT2D eigenvalue weighted by Gasteiger charge is 2.48. The Balaban J connectivity index is 1.76. The van der Waals surface area contributed by atoms with E-state index in [1.54, 1.807) is 6.07 Å². The minimum atomic E-state index is -0.988. The predicted octanol–water partition coefficient (Wildman–Crippen LogP) is 5.77. The van der Waals surface area contributed by atoms with Crippen LogP contribution in [0.25, 0.3) is 16.1 Å². The van der Waals surface area contributed by atoms with Crippen molar-refractivity contribution >= 4 is 57.0 Å². The van der Waals surface area contributed by atoms with Crippen LogP contribution in [0.3, 0.4) is 0 Å². The van der Waals surface area contributed by atoms with Crippen LogP contribution in [0.1, 0.15) is 26.8 Å². The highest BCUT2D eigenvalue weighted by atomic mass is 79.9. The molecular weight excluding hydrogens is 636 g/mol. The van der Waals surface area contributed by atoms with Gasteiger partial charge in [-0.1, -0.05) is 30.3 Å². The number of benzene rings is 1. The first kappa shape index (κ1) is 29.9. The molecule has 4 rings (SSSR count). The summed E-state index contributed by atoms with van der Waals surface area (Å²) in [6.07, 6.45) is 1.05. The summed E-state index contributed by atoms with van der Waals surface area (Å²) < 4.78 is 47.5. The average Bonchev–Trinajstić information content (AvgIpc) is 3.37. The lowest BCUT2D eigenvalue weighted by atomic mass is 9.90. The number of rotatable bonds is 7. The summed E-state index contributed by atoms with van der Waals surface area (Å²) in [5, 5.41) is 7.62. The van der Waals surface area contributed by atoms with Gasteiger partial charge in [0.25, 0.3) is 5.82 Å². The van der Waals surface area contributed by atoms with Crippen LogP contribution in [0.2, 0.25) is 5.02 Å². The Kier molecular flexibility index (Phi) is 9.40. The third-order valence-electron chi connectivity index (χ3n) is 5.98. The lowest BCUT2D eigenvalue weighted by molar-refractivity contribution is -0.191. The van der Waals surface area contributed by atoms with Gasteiger partial charge in [-0.2, -0.15) is 0 Å². The molecule has 3 heterocycles. The van der Waals surface area contributed by atoms with E-state index in [0.29, 0.717) is 9.37 Å². The Labute approximate surface area is 245 Å². The molecule has 10 nitrogen and oxygen atoms in total. The molecule has 0 amide bonds. The molecule has 1 aliphatic heterocycles. The van der Waals surface area contributed by atoms with E-state index in [1.807, 2.05) is 6.92 Å². The molecule has 3 aromatic rings. The molecule has 0 bridgehead atoms. The number of hydrogen-bond acceptors (Lipinski definition) is 9. The maximum atomic E-state index is 14.1. The second-order valence-electron chi connectivity index (χ2n) is 8.81. The fourth-order valence-corrected chi connectivity index (χ4v) is 6.03. The van der Waals surface area contributed by atoms with Crippen LogP contribution >= 0.6 is 39.3 Å². The molecule has 40 heavy (non-hydrogen) atoms. The van der Waals surface area contributed by atoms with Gasteiger partial charge >= 0.3 is 11.9 Å². The molecule has 0 aliphatic carbocycles. The van der Waals surface area contributed by atoms with Gasteiger partial charge < -0.3 is 19.1 Å². The summed E-state index contributed by atoms with van der Waals surface area (Å²) in [6, 6.07) is 3.07.